The van der Waals surface area contributed by atoms with Gasteiger partial charge in [-0.25, -0.2) is 4.98 Å². The van der Waals surface area contributed by atoms with E-state index < -0.39 is 0 Å². The van der Waals surface area contributed by atoms with Crippen LogP contribution in [-0.2, 0) is 9.53 Å². The lowest BCUT2D eigenvalue weighted by Gasteiger charge is -2.37. The molecular weight excluding hydrogens is 334 g/mol. The minimum absolute atomic E-state index is 0.0348. The van der Waals surface area contributed by atoms with Gasteiger partial charge in [-0.3, -0.25) is 4.79 Å². The maximum absolute atomic E-state index is 11.3. The molecule has 8 nitrogen and oxygen atoms in total. The molecule has 4 rings (SSSR count). The highest BCUT2D eigenvalue weighted by Crippen LogP contribution is 2.30. The molecule has 142 valence electrons. The van der Waals surface area contributed by atoms with Gasteiger partial charge in [0.2, 0.25) is 11.9 Å². The Morgan fingerprint density at radius 3 is 2.62 bits per heavy atom. The lowest BCUT2D eigenvalue weighted by atomic mass is 10.0. The summed E-state index contributed by atoms with van der Waals surface area (Å²) in [4.78, 5) is 25.1. The van der Waals surface area contributed by atoms with Crippen LogP contribution in [0.5, 0.6) is 0 Å². The molecule has 0 radical (unpaired) electrons. The molecule has 3 aliphatic heterocycles. The highest BCUT2D eigenvalue weighted by molar-refractivity contribution is 5.73. The molecule has 4 heterocycles. The van der Waals surface area contributed by atoms with E-state index in [-0.39, 0.29) is 18.1 Å². The molecule has 0 aromatic carbocycles. The van der Waals surface area contributed by atoms with Crippen LogP contribution in [-0.4, -0.2) is 72.5 Å². The molecule has 0 saturated carbocycles. The Morgan fingerprint density at radius 2 is 2.00 bits per heavy atom. The third kappa shape index (κ3) is 3.76. The van der Waals surface area contributed by atoms with Crippen molar-refractivity contribution in [1.29, 1.82) is 0 Å². The number of carbonyl (C=O) groups is 1. The van der Waals surface area contributed by atoms with E-state index in [9.17, 15) is 9.90 Å². The summed E-state index contributed by atoms with van der Waals surface area (Å²) >= 11 is 0. The number of hydrogen-bond donors (Lipinski definition) is 2. The van der Waals surface area contributed by atoms with Crippen LogP contribution in [0.3, 0.4) is 0 Å². The fraction of sp³-hybridized carbons (Fsp3) is 0.722. The number of nitrogens with one attached hydrogen (secondary N) is 1. The van der Waals surface area contributed by atoms with Gasteiger partial charge in [0.15, 0.2) is 0 Å². The first-order valence-corrected chi connectivity index (χ1v) is 9.50. The number of carbonyl (C=O) groups excluding carboxylic acids is 1. The van der Waals surface area contributed by atoms with E-state index in [1.165, 1.54) is 0 Å². The average molecular weight is 361 g/mol. The quantitative estimate of drug-likeness (QED) is 0.795. The van der Waals surface area contributed by atoms with Gasteiger partial charge in [0, 0.05) is 57.7 Å². The number of nitrogens with zero attached hydrogens (tertiary/aromatic N) is 4. The van der Waals surface area contributed by atoms with E-state index >= 15 is 0 Å². The van der Waals surface area contributed by atoms with Gasteiger partial charge in [-0.2, -0.15) is 4.98 Å². The molecule has 1 unspecified atom stereocenters. The average Bonchev–Trinajstić information content (AvgIpc) is 3.13. The predicted octanol–water partition coefficient (Wildman–Crippen LogP) is 0.266. The Labute approximate surface area is 153 Å². The van der Waals surface area contributed by atoms with Gasteiger partial charge in [-0.05, 0) is 19.3 Å². The molecule has 1 amide bonds. The Hall–Kier alpha value is -1.93. The molecule has 3 aliphatic rings. The first kappa shape index (κ1) is 17.5. The van der Waals surface area contributed by atoms with Crippen molar-refractivity contribution in [2.75, 3.05) is 49.2 Å². The highest BCUT2D eigenvalue weighted by Gasteiger charge is 2.30. The highest BCUT2D eigenvalue weighted by atomic mass is 16.5. The van der Waals surface area contributed by atoms with Gasteiger partial charge >= 0.3 is 0 Å². The van der Waals surface area contributed by atoms with Crippen molar-refractivity contribution < 1.29 is 14.6 Å². The largest absolute Gasteiger partial charge is 0.389 e. The molecule has 0 bridgehead atoms. The van der Waals surface area contributed by atoms with Crippen LogP contribution < -0.4 is 15.1 Å². The summed E-state index contributed by atoms with van der Waals surface area (Å²) in [7, 11) is 0. The molecule has 0 aliphatic carbocycles. The second-order valence-electron chi connectivity index (χ2n) is 7.53. The van der Waals surface area contributed by atoms with Crippen LogP contribution >= 0.6 is 0 Å². The van der Waals surface area contributed by atoms with Crippen molar-refractivity contribution in [3.63, 3.8) is 0 Å². The molecule has 8 heteroatoms. The molecular formula is C18H27N5O3. The Kier molecular flexibility index (Phi) is 4.95. The van der Waals surface area contributed by atoms with E-state index in [1.54, 1.807) is 6.92 Å². The van der Waals surface area contributed by atoms with Crippen molar-refractivity contribution in [2.24, 2.45) is 0 Å². The normalized spacial score (nSPS) is 24.6. The molecule has 3 saturated heterocycles. The van der Waals surface area contributed by atoms with Crippen LogP contribution in [0, 0.1) is 0 Å². The third-order valence-electron chi connectivity index (χ3n) is 5.44. The van der Waals surface area contributed by atoms with Gasteiger partial charge < -0.3 is 25.0 Å². The fourth-order valence-electron chi connectivity index (χ4n) is 3.88. The summed E-state index contributed by atoms with van der Waals surface area (Å²) < 4.78 is 5.54. The second-order valence-corrected chi connectivity index (χ2v) is 7.53. The number of β-amino-alcohol motifs (C(OH)–C–C–N with tert-alkyl or cyclic N) is 1. The first-order chi connectivity index (χ1) is 12.6. The zero-order valence-corrected chi connectivity index (χ0v) is 15.2. The van der Waals surface area contributed by atoms with Crippen LogP contribution in [0.15, 0.2) is 6.07 Å². The van der Waals surface area contributed by atoms with Gasteiger partial charge in [0.05, 0.1) is 18.4 Å². The molecule has 2 N–H and O–H groups in total. The number of ether oxygens (including phenoxy) is 1. The van der Waals surface area contributed by atoms with Gasteiger partial charge in [0.1, 0.15) is 5.82 Å². The van der Waals surface area contributed by atoms with Crippen LogP contribution in [0.25, 0.3) is 0 Å². The number of aliphatic hydroxyl groups is 1. The summed E-state index contributed by atoms with van der Waals surface area (Å²) in [5.41, 5.74) is 1.04. The van der Waals surface area contributed by atoms with Crippen molar-refractivity contribution in [1.82, 2.24) is 15.3 Å². The van der Waals surface area contributed by atoms with E-state index in [0.717, 1.165) is 50.5 Å². The molecule has 1 aromatic heterocycles. The summed E-state index contributed by atoms with van der Waals surface area (Å²) in [6.45, 7) is 5.98. The summed E-state index contributed by atoms with van der Waals surface area (Å²) in [5.74, 6) is 2.00. The van der Waals surface area contributed by atoms with Crippen molar-refractivity contribution >= 4 is 17.7 Å². The minimum Gasteiger partial charge on any atom is -0.389 e. The van der Waals surface area contributed by atoms with Crippen molar-refractivity contribution in [3.05, 3.63) is 11.8 Å². The summed E-state index contributed by atoms with van der Waals surface area (Å²) in [6.07, 6.45) is 2.55. The zero-order valence-electron chi connectivity index (χ0n) is 15.2. The summed E-state index contributed by atoms with van der Waals surface area (Å²) in [5, 5.41) is 12.6. The van der Waals surface area contributed by atoms with Crippen molar-refractivity contribution in [3.8, 4) is 0 Å². The van der Waals surface area contributed by atoms with Crippen molar-refractivity contribution in [2.45, 2.75) is 44.2 Å². The maximum atomic E-state index is 11.3. The van der Waals surface area contributed by atoms with E-state index in [2.05, 4.69) is 16.3 Å². The number of piperidine rings is 1. The maximum Gasteiger partial charge on any atom is 0.227 e. The molecule has 0 spiro atoms. The monoisotopic (exact) mass is 361 g/mol. The number of rotatable bonds is 4. The smallest absolute Gasteiger partial charge is 0.227 e. The molecule has 3 fully saturated rings. The lowest BCUT2D eigenvalue weighted by molar-refractivity contribution is -0.119. The Bertz CT molecular complexity index is 650. The van der Waals surface area contributed by atoms with E-state index in [4.69, 9.17) is 14.7 Å². The van der Waals surface area contributed by atoms with Gasteiger partial charge in [-0.15, -0.1) is 0 Å². The van der Waals surface area contributed by atoms with Crippen LogP contribution in [0.1, 0.15) is 37.8 Å². The standard InChI is InChI=1S/C18H27N5O3/c1-12(24)19-14-2-5-22(6-3-14)17-8-16(13-4-7-26-11-13)20-18(21-17)23-9-15(25)10-23/h8,13-15,25H,2-7,9-11H2,1H3,(H,19,24). The topological polar surface area (TPSA) is 90.8 Å². The van der Waals surface area contributed by atoms with Crippen LogP contribution in [0.4, 0.5) is 11.8 Å². The number of aliphatic hydroxyl groups excluding tert-OH is 1. The Morgan fingerprint density at radius 1 is 1.23 bits per heavy atom. The Balaban J connectivity index is 1.52. The number of aromatic nitrogens is 2. The predicted molar refractivity (Wildman–Crippen MR) is 97.5 cm³/mol. The number of anilines is 2. The molecule has 1 aromatic rings. The summed E-state index contributed by atoms with van der Waals surface area (Å²) in [6, 6.07) is 2.34. The van der Waals surface area contributed by atoms with Crippen LogP contribution in [0.2, 0.25) is 0 Å². The lowest BCUT2D eigenvalue weighted by Crippen LogP contribution is -2.51. The van der Waals surface area contributed by atoms with Gasteiger partial charge in [0.25, 0.3) is 0 Å². The zero-order chi connectivity index (χ0) is 18.1. The van der Waals surface area contributed by atoms with E-state index in [1.807, 2.05) is 4.90 Å². The van der Waals surface area contributed by atoms with E-state index in [0.29, 0.717) is 31.6 Å². The third-order valence-corrected chi connectivity index (χ3v) is 5.44. The molecule has 1 atom stereocenters. The first-order valence-electron chi connectivity index (χ1n) is 9.50. The fourth-order valence-corrected chi connectivity index (χ4v) is 3.88. The second kappa shape index (κ2) is 7.36. The SMILES string of the molecule is CC(=O)NC1CCN(c2cc(C3CCOC3)nc(N3CC(O)C3)n2)CC1. The molecule has 26 heavy (non-hydrogen) atoms. The number of amides is 1. The number of hydrogen-bond acceptors (Lipinski definition) is 7. The van der Waals surface area contributed by atoms with Gasteiger partial charge in [-0.1, -0.05) is 0 Å². The minimum atomic E-state index is -0.283.